The zero-order valence-electron chi connectivity index (χ0n) is 16.5. The lowest BCUT2D eigenvalue weighted by Crippen LogP contribution is -2.14. The van der Waals surface area contributed by atoms with Crippen LogP contribution in [0.2, 0.25) is 0 Å². The van der Waals surface area contributed by atoms with Gasteiger partial charge in [-0.05, 0) is 35.7 Å². The quantitative estimate of drug-likeness (QED) is 0.528. The van der Waals surface area contributed by atoms with Gasteiger partial charge in [-0.25, -0.2) is 0 Å². The van der Waals surface area contributed by atoms with Gasteiger partial charge in [-0.2, -0.15) is 0 Å². The van der Waals surface area contributed by atoms with Crippen LogP contribution < -0.4 is 15.4 Å². The van der Waals surface area contributed by atoms with E-state index in [1.165, 1.54) is 11.8 Å². The highest BCUT2D eigenvalue weighted by Crippen LogP contribution is 2.24. The van der Waals surface area contributed by atoms with Crippen LogP contribution in [-0.4, -0.2) is 28.7 Å². The number of carbonyl (C=O) groups is 2. The molecule has 0 fully saturated rings. The van der Waals surface area contributed by atoms with Crippen LogP contribution in [0.4, 0.5) is 11.4 Å². The van der Waals surface area contributed by atoms with Crippen LogP contribution in [0.1, 0.15) is 20.7 Å². The van der Waals surface area contributed by atoms with E-state index in [0.29, 0.717) is 16.8 Å². The van der Waals surface area contributed by atoms with Gasteiger partial charge in [-0.1, -0.05) is 36.4 Å². The van der Waals surface area contributed by atoms with E-state index in [-0.39, 0.29) is 17.7 Å². The molecule has 0 spiro atoms. The number of ether oxygens (including phenoxy) is 1. The summed E-state index contributed by atoms with van der Waals surface area (Å²) in [5, 5.41) is 11.8. The van der Waals surface area contributed by atoms with Crippen molar-refractivity contribution in [2.75, 3.05) is 17.7 Å². The number of benzene rings is 3. The van der Waals surface area contributed by atoms with E-state index >= 15 is 0 Å². The molecule has 4 aromatic rings. The molecule has 150 valence electrons. The molecule has 0 aliphatic heterocycles. The van der Waals surface area contributed by atoms with Crippen LogP contribution in [0.15, 0.2) is 72.9 Å². The Morgan fingerprint density at radius 2 is 1.63 bits per heavy atom. The van der Waals surface area contributed by atoms with Crippen LogP contribution in [0.5, 0.6) is 5.88 Å². The summed E-state index contributed by atoms with van der Waals surface area (Å²) in [4.78, 5) is 25.1. The molecule has 7 heteroatoms. The third kappa shape index (κ3) is 3.86. The molecular weight excluding hydrogens is 380 g/mol. The summed E-state index contributed by atoms with van der Waals surface area (Å²) in [6.07, 6.45) is 1.58. The Kier molecular flexibility index (Phi) is 5.17. The minimum absolute atomic E-state index is 0.224. The van der Waals surface area contributed by atoms with E-state index in [9.17, 15) is 9.59 Å². The third-order valence-electron chi connectivity index (χ3n) is 4.68. The Labute approximate surface area is 173 Å². The highest BCUT2D eigenvalue weighted by atomic mass is 16.5. The monoisotopic (exact) mass is 400 g/mol. The summed E-state index contributed by atoms with van der Waals surface area (Å²) in [5.74, 6) is -0.313. The van der Waals surface area contributed by atoms with Crippen molar-refractivity contribution in [2.45, 2.75) is 0 Å². The number of anilines is 2. The first-order valence-electron chi connectivity index (χ1n) is 9.33. The molecular formula is C23H20N4O3. The van der Waals surface area contributed by atoms with Gasteiger partial charge in [0.05, 0.1) is 7.11 Å². The highest BCUT2D eigenvalue weighted by Gasteiger charge is 2.16. The Morgan fingerprint density at radius 3 is 2.40 bits per heavy atom. The molecule has 0 saturated carbocycles. The molecule has 0 aliphatic rings. The molecule has 0 bridgehead atoms. The largest absolute Gasteiger partial charge is 0.479 e. The summed E-state index contributed by atoms with van der Waals surface area (Å²) in [7, 11) is 3.17. The molecule has 1 heterocycles. The third-order valence-corrected chi connectivity index (χ3v) is 4.68. The van der Waals surface area contributed by atoms with E-state index in [0.717, 1.165) is 16.5 Å². The fraction of sp³-hybridized carbons (Fsp3) is 0.0870. The van der Waals surface area contributed by atoms with Gasteiger partial charge >= 0.3 is 0 Å². The average Bonchev–Trinajstić information content (AvgIpc) is 3.15. The second kappa shape index (κ2) is 8.08. The molecule has 4 rings (SSSR count). The molecule has 30 heavy (non-hydrogen) atoms. The predicted molar refractivity (Wildman–Crippen MR) is 116 cm³/mol. The molecule has 0 unspecified atom stereocenters. The fourth-order valence-electron chi connectivity index (χ4n) is 3.21. The number of fused-ring (bicyclic) bond motifs is 1. The first-order chi connectivity index (χ1) is 14.5. The summed E-state index contributed by atoms with van der Waals surface area (Å²) < 4.78 is 6.63. The van der Waals surface area contributed by atoms with Crippen LogP contribution in [0.3, 0.4) is 0 Å². The van der Waals surface area contributed by atoms with Crippen LogP contribution >= 0.6 is 0 Å². The fourth-order valence-corrected chi connectivity index (χ4v) is 3.21. The second-order valence-corrected chi connectivity index (χ2v) is 6.74. The second-order valence-electron chi connectivity index (χ2n) is 6.74. The minimum Gasteiger partial charge on any atom is -0.479 e. The van der Waals surface area contributed by atoms with E-state index < -0.39 is 0 Å². The number of aromatic nitrogens is 2. The molecule has 2 N–H and O–H groups in total. The van der Waals surface area contributed by atoms with Crippen molar-refractivity contribution in [3.05, 3.63) is 84.1 Å². The van der Waals surface area contributed by atoms with Gasteiger partial charge in [0, 0.05) is 35.6 Å². The Balaban J connectivity index is 1.47. The maximum atomic E-state index is 12.7. The van der Waals surface area contributed by atoms with Gasteiger partial charge in [-0.15, -0.1) is 5.10 Å². The molecule has 0 atom stereocenters. The Morgan fingerprint density at radius 1 is 0.900 bits per heavy atom. The van der Waals surface area contributed by atoms with Crippen LogP contribution in [-0.2, 0) is 7.05 Å². The van der Waals surface area contributed by atoms with Crippen molar-refractivity contribution in [1.82, 2.24) is 9.78 Å². The maximum absolute atomic E-state index is 12.7. The van der Waals surface area contributed by atoms with Gasteiger partial charge in [0.15, 0.2) is 0 Å². The summed E-state index contributed by atoms with van der Waals surface area (Å²) >= 11 is 0. The predicted octanol–water partition coefficient (Wildman–Crippen LogP) is 4.09. The van der Waals surface area contributed by atoms with Gasteiger partial charge in [0.25, 0.3) is 11.8 Å². The Bertz CT molecular complexity index is 1220. The first-order valence-corrected chi connectivity index (χ1v) is 9.33. The number of carbonyl (C=O) groups excluding carboxylic acids is 2. The zero-order valence-corrected chi connectivity index (χ0v) is 16.5. The number of hydrogen-bond donors (Lipinski definition) is 2. The van der Waals surface area contributed by atoms with Gasteiger partial charge in [0.2, 0.25) is 5.88 Å². The molecule has 1 aromatic heterocycles. The topological polar surface area (TPSA) is 85.2 Å². The summed E-state index contributed by atoms with van der Waals surface area (Å²) in [6.45, 7) is 0. The van der Waals surface area contributed by atoms with Crippen LogP contribution in [0, 0.1) is 0 Å². The SMILES string of the molecule is COc1nn(C)cc1C(=O)Nc1ccc(C(=O)Nc2cccc3ccccc23)cc1. The van der Waals surface area contributed by atoms with Crippen LogP contribution in [0.25, 0.3) is 10.8 Å². The normalized spacial score (nSPS) is 10.6. The summed E-state index contributed by atoms with van der Waals surface area (Å²) in [5.41, 5.74) is 2.13. The van der Waals surface area contributed by atoms with Gasteiger partial charge < -0.3 is 15.4 Å². The highest BCUT2D eigenvalue weighted by molar-refractivity contribution is 6.10. The Hall–Kier alpha value is -4.13. The lowest BCUT2D eigenvalue weighted by Gasteiger charge is -2.10. The van der Waals surface area contributed by atoms with E-state index in [1.54, 1.807) is 37.5 Å². The molecule has 0 radical (unpaired) electrons. The van der Waals surface area contributed by atoms with Crippen molar-refractivity contribution in [2.24, 2.45) is 7.05 Å². The van der Waals surface area contributed by atoms with Crippen molar-refractivity contribution in [3.63, 3.8) is 0 Å². The van der Waals surface area contributed by atoms with Gasteiger partial charge in [-0.3, -0.25) is 14.3 Å². The molecule has 7 nitrogen and oxygen atoms in total. The molecule has 3 aromatic carbocycles. The number of aryl methyl sites for hydroxylation is 1. The van der Waals surface area contributed by atoms with E-state index in [1.807, 2.05) is 42.5 Å². The van der Waals surface area contributed by atoms with Crippen molar-refractivity contribution in [1.29, 1.82) is 0 Å². The lowest BCUT2D eigenvalue weighted by molar-refractivity contribution is 0.101. The number of hydrogen-bond acceptors (Lipinski definition) is 4. The number of amides is 2. The van der Waals surface area contributed by atoms with Crippen molar-refractivity contribution < 1.29 is 14.3 Å². The first kappa shape index (κ1) is 19.2. The van der Waals surface area contributed by atoms with Crippen molar-refractivity contribution >= 4 is 34.0 Å². The number of nitrogens with one attached hydrogen (secondary N) is 2. The van der Waals surface area contributed by atoms with Crippen molar-refractivity contribution in [3.8, 4) is 5.88 Å². The standard InChI is InChI=1S/C23H20N4O3/c1-27-14-19(23(26-27)30-2)22(29)24-17-12-10-16(11-13-17)21(28)25-20-9-5-7-15-6-3-4-8-18(15)20/h3-14H,1-2H3,(H,24,29)(H,25,28). The van der Waals surface area contributed by atoms with E-state index in [2.05, 4.69) is 15.7 Å². The van der Waals surface area contributed by atoms with E-state index in [4.69, 9.17) is 4.74 Å². The lowest BCUT2D eigenvalue weighted by atomic mass is 10.1. The minimum atomic E-state index is -0.340. The maximum Gasteiger partial charge on any atom is 0.262 e. The zero-order chi connectivity index (χ0) is 21.1. The average molecular weight is 400 g/mol. The number of methoxy groups -OCH3 is 1. The molecule has 0 aliphatic carbocycles. The number of rotatable bonds is 5. The summed E-state index contributed by atoms with van der Waals surface area (Å²) in [6, 6.07) is 20.3. The molecule has 0 saturated heterocycles. The smallest absolute Gasteiger partial charge is 0.262 e. The molecule has 2 amide bonds. The van der Waals surface area contributed by atoms with Gasteiger partial charge in [0.1, 0.15) is 5.56 Å². The number of nitrogens with zero attached hydrogens (tertiary/aromatic N) is 2.